The van der Waals surface area contributed by atoms with Crippen molar-refractivity contribution >= 4 is 17.7 Å². The van der Waals surface area contributed by atoms with Crippen LogP contribution in [-0.4, -0.2) is 29.8 Å². The summed E-state index contributed by atoms with van der Waals surface area (Å²) in [7, 11) is 0. The standard InChI is InChI=1S/C13H17F3N2OS/c14-13(15,16)20-9-8-18-12(19)11(17)7-6-10-4-2-1-3-5-10/h1-5,11H,6-9,17H2,(H,18,19)/t11-/m0/s1. The maximum absolute atomic E-state index is 11.9. The highest BCUT2D eigenvalue weighted by molar-refractivity contribution is 8.00. The Labute approximate surface area is 120 Å². The van der Waals surface area contributed by atoms with Gasteiger partial charge in [-0.05, 0) is 30.2 Å². The van der Waals surface area contributed by atoms with E-state index in [1.165, 1.54) is 0 Å². The fourth-order valence-electron chi connectivity index (χ4n) is 1.57. The van der Waals surface area contributed by atoms with Crippen LogP contribution in [0, 0.1) is 0 Å². The molecule has 0 saturated heterocycles. The molecule has 0 fully saturated rings. The van der Waals surface area contributed by atoms with Crippen molar-refractivity contribution in [1.29, 1.82) is 0 Å². The second kappa shape index (κ2) is 8.16. The SMILES string of the molecule is N[C@@H](CCc1ccccc1)C(=O)NCCSC(F)(F)F. The molecule has 0 aromatic heterocycles. The maximum Gasteiger partial charge on any atom is 0.441 e. The molecule has 0 aliphatic rings. The predicted molar refractivity (Wildman–Crippen MR) is 74.3 cm³/mol. The highest BCUT2D eigenvalue weighted by atomic mass is 32.2. The van der Waals surface area contributed by atoms with Crippen molar-refractivity contribution in [2.24, 2.45) is 5.73 Å². The zero-order valence-electron chi connectivity index (χ0n) is 10.8. The number of hydrogen-bond donors (Lipinski definition) is 2. The van der Waals surface area contributed by atoms with Crippen molar-refractivity contribution in [3.8, 4) is 0 Å². The smallest absolute Gasteiger partial charge is 0.354 e. The van der Waals surface area contributed by atoms with Crippen LogP contribution in [0.15, 0.2) is 30.3 Å². The summed E-state index contributed by atoms with van der Waals surface area (Å²) in [6.45, 7) is -0.0396. The number of rotatable bonds is 7. The molecule has 0 aliphatic carbocycles. The van der Waals surface area contributed by atoms with Crippen molar-refractivity contribution in [3.05, 3.63) is 35.9 Å². The van der Waals surface area contributed by atoms with Crippen molar-refractivity contribution in [3.63, 3.8) is 0 Å². The highest BCUT2D eigenvalue weighted by Gasteiger charge is 2.27. The van der Waals surface area contributed by atoms with E-state index < -0.39 is 17.5 Å². The first-order valence-electron chi connectivity index (χ1n) is 6.16. The van der Waals surface area contributed by atoms with Gasteiger partial charge in [0.25, 0.3) is 0 Å². The molecular formula is C13H17F3N2OS. The molecule has 1 rings (SSSR count). The topological polar surface area (TPSA) is 55.1 Å². The minimum Gasteiger partial charge on any atom is -0.354 e. The highest BCUT2D eigenvalue weighted by Crippen LogP contribution is 2.29. The summed E-state index contributed by atoms with van der Waals surface area (Å²) in [5, 5.41) is 2.41. The van der Waals surface area contributed by atoms with Gasteiger partial charge in [0.15, 0.2) is 0 Å². The van der Waals surface area contributed by atoms with Crippen LogP contribution in [0.1, 0.15) is 12.0 Å². The number of carbonyl (C=O) groups is 1. The Balaban J connectivity index is 2.19. The van der Waals surface area contributed by atoms with Gasteiger partial charge >= 0.3 is 5.51 Å². The zero-order valence-corrected chi connectivity index (χ0v) is 11.6. The largest absolute Gasteiger partial charge is 0.441 e. The molecule has 0 unspecified atom stereocenters. The van der Waals surface area contributed by atoms with Crippen molar-refractivity contribution in [1.82, 2.24) is 5.32 Å². The Morgan fingerprint density at radius 1 is 1.30 bits per heavy atom. The lowest BCUT2D eigenvalue weighted by Crippen LogP contribution is -2.41. The monoisotopic (exact) mass is 306 g/mol. The number of nitrogens with one attached hydrogen (secondary N) is 1. The van der Waals surface area contributed by atoms with Gasteiger partial charge in [0.2, 0.25) is 5.91 Å². The summed E-state index contributed by atoms with van der Waals surface area (Å²) in [6, 6.07) is 8.86. The van der Waals surface area contributed by atoms with E-state index in [4.69, 9.17) is 5.73 Å². The third-order valence-corrected chi connectivity index (χ3v) is 3.33. The third kappa shape index (κ3) is 7.40. The maximum atomic E-state index is 11.9. The van der Waals surface area contributed by atoms with Crippen LogP contribution in [0.4, 0.5) is 13.2 Å². The molecule has 3 N–H and O–H groups in total. The average molecular weight is 306 g/mol. The van der Waals surface area contributed by atoms with E-state index in [-0.39, 0.29) is 24.1 Å². The molecule has 1 atom stereocenters. The zero-order chi connectivity index (χ0) is 15.0. The lowest BCUT2D eigenvalue weighted by atomic mass is 10.1. The van der Waals surface area contributed by atoms with Gasteiger partial charge in [0, 0.05) is 12.3 Å². The molecule has 0 bridgehead atoms. The minimum atomic E-state index is -4.26. The number of hydrogen-bond acceptors (Lipinski definition) is 3. The third-order valence-electron chi connectivity index (χ3n) is 2.59. The van der Waals surface area contributed by atoms with E-state index in [2.05, 4.69) is 5.32 Å². The van der Waals surface area contributed by atoms with E-state index >= 15 is 0 Å². The molecular weight excluding hydrogens is 289 g/mol. The molecule has 112 valence electrons. The summed E-state index contributed by atoms with van der Waals surface area (Å²) < 4.78 is 35.6. The van der Waals surface area contributed by atoms with E-state index in [0.29, 0.717) is 12.8 Å². The van der Waals surface area contributed by atoms with Crippen LogP contribution in [0.25, 0.3) is 0 Å². The second-order valence-electron chi connectivity index (χ2n) is 4.22. The molecule has 0 radical (unpaired) electrons. The Bertz CT molecular complexity index is 412. The molecule has 20 heavy (non-hydrogen) atoms. The Kier molecular flexibility index (Phi) is 6.87. The summed E-state index contributed by atoms with van der Waals surface area (Å²) in [5.74, 6) is -0.621. The van der Waals surface area contributed by atoms with Gasteiger partial charge in [-0.25, -0.2) is 0 Å². The molecule has 0 saturated carbocycles. The molecule has 1 aromatic carbocycles. The van der Waals surface area contributed by atoms with Gasteiger partial charge in [-0.15, -0.1) is 0 Å². The van der Waals surface area contributed by atoms with Crippen molar-refractivity contribution in [2.45, 2.75) is 24.4 Å². The van der Waals surface area contributed by atoms with Crippen LogP contribution >= 0.6 is 11.8 Å². The lowest BCUT2D eigenvalue weighted by Gasteiger charge is -2.12. The number of alkyl halides is 3. The summed E-state index contributed by atoms with van der Waals surface area (Å²) in [6.07, 6.45) is 1.12. The van der Waals surface area contributed by atoms with E-state index in [9.17, 15) is 18.0 Å². The van der Waals surface area contributed by atoms with Crippen LogP contribution < -0.4 is 11.1 Å². The molecule has 7 heteroatoms. The first kappa shape index (κ1) is 16.8. The van der Waals surface area contributed by atoms with Crippen LogP contribution in [0.3, 0.4) is 0 Å². The number of aryl methyl sites for hydroxylation is 1. The number of halogens is 3. The van der Waals surface area contributed by atoms with Crippen LogP contribution in [0.2, 0.25) is 0 Å². The van der Waals surface area contributed by atoms with Crippen molar-refractivity contribution < 1.29 is 18.0 Å². The van der Waals surface area contributed by atoms with Gasteiger partial charge < -0.3 is 11.1 Å². The van der Waals surface area contributed by atoms with Crippen LogP contribution in [0.5, 0.6) is 0 Å². The molecule has 0 spiro atoms. The Morgan fingerprint density at radius 3 is 2.55 bits per heavy atom. The average Bonchev–Trinajstić information content (AvgIpc) is 2.40. The van der Waals surface area contributed by atoms with Gasteiger partial charge in [0.1, 0.15) is 0 Å². The second-order valence-corrected chi connectivity index (χ2v) is 5.38. The molecule has 3 nitrogen and oxygen atoms in total. The number of nitrogens with two attached hydrogens (primary N) is 1. The fraction of sp³-hybridized carbons (Fsp3) is 0.462. The Morgan fingerprint density at radius 2 is 1.95 bits per heavy atom. The molecule has 0 aliphatic heterocycles. The number of benzene rings is 1. The van der Waals surface area contributed by atoms with Gasteiger partial charge in [-0.3, -0.25) is 4.79 Å². The summed E-state index contributed by atoms with van der Waals surface area (Å²) in [4.78, 5) is 11.6. The van der Waals surface area contributed by atoms with Crippen LogP contribution in [-0.2, 0) is 11.2 Å². The number of thioether (sulfide) groups is 1. The number of carbonyl (C=O) groups excluding carboxylic acids is 1. The lowest BCUT2D eigenvalue weighted by molar-refractivity contribution is -0.122. The molecule has 1 amide bonds. The van der Waals surface area contributed by atoms with E-state index in [1.54, 1.807) is 0 Å². The summed E-state index contributed by atoms with van der Waals surface area (Å²) in [5.41, 5.74) is 2.50. The quantitative estimate of drug-likeness (QED) is 0.760. The predicted octanol–water partition coefficient (Wildman–Crippen LogP) is 2.32. The Hall–Kier alpha value is -1.21. The van der Waals surface area contributed by atoms with E-state index in [0.717, 1.165) is 5.56 Å². The normalized spacial score (nSPS) is 13.0. The van der Waals surface area contributed by atoms with Crippen molar-refractivity contribution in [2.75, 3.05) is 12.3 Å². The van der Waals surface area contributed by atoms with E-state index in [1.807, 2.05) is 30.3 Å². The minimum absolute atomic E-state index is 0.0396. The van der Waals surface area contributed by atoms with Gasteiger partial charge in [0.05, 0.1) is 6.04 Å². The first-order valence-corrected chi connectivity index (χ1v) is 7.15. The first-order chi connectivity index (χ1) is 9.38. The van der Waals surface area contributed by atoms with Gasteiger partial charge in [-0.2, -0.15) is 13.2 Å². The fourth-order valence-corrected chi connectivity index (χ4v) is 2.01. The number of amides is 1. The van der Waals surface area contributed by atoms with Gasteiger partial charge in [-0.1, -0.05) is 30.3 Å². The molecule has 0 heterocycles. The molecule has 1 aromatic rings. The summed E-state index contributed by atoms with van der Waals surface area (Å²) >= 11 is -0.158.